The highest BCUT2D eigenvalue weighted by molar-refractivity contribution is 5.46. The van der Waals surface area contributed by atoms with Crippen LogP contribution in [0.25, 0.3) is 0 Å². The first-order valence-corrected chi connectivity index (χ1v) is 5.47. The molecule has 15 heavy (non-hydrogen) atoms. The molecule has 2 aliphatic rings. The Labute approximate surface area is 90.2 Å². The zero-order valence-electron chi connectivity index (χ0n) is 9.25. The average Bonchev–Trinajstić information content (AvgIpc) is 2.83. The van der Waals surface area contributed by atoms with E-state index in [-0.39, 0.29) is 11.2 Å². The van der Waals surface area contributed by atoms with Gasteiger partial charge in [0.15, 0.2) is 0 Å². The molecular formula is C13H16O2. The first-order valence-electron chi connectivity index (χ1n) is 5.47. The standard InChI is InChI=1S/C13H16O2/c1-14-12-7-8-13(9-12,15-2)11-6-4-3-5-10(11)12/h3-6H,7-9H2,1-2H3. The van der Waals surface area contributed by atoms with Crippen LogP contribution in [0.3, 0.4) is 0 Å². The monoisotopic (exact) mass is 204 g/mol. The highest BCUT2D eigenvalue weighted by Gasteiger charge is 2.58. The van der Waals surface area contributed by atoms with Crippen molar-refractivity contribution in [3.05, 3.63) is 35.4 Å². The second-order valence-corrected chi connectivity index (χ2v) is 4.62. The van der Waals surface area contributed by atoms with E-state index in [1.54, 1.807) is 0 Å². The van der Waals surface area contributed by atoms with Gasteiger partial charge < -0.3 is 9.47 Å². The molecule has 0 heterocycles. The summed E-state index contributed by atoms with van der Waals surface area (Å²) in [6, 6.07) is 8.53. The van der Waals surface area contributed by atoms with E-state index >= 15 is 0 Å². The van der Waals surface area contributed by atoms with E-state index in [4.69, 9.17) is 9.47 Å². The van der Waals surface area contributed by atoms with Crippen molar-refractivity contribution < 1.29 is 9.47 Å². The third-order valence-corrected chi connectivity index (χ3v) is 4.19. The van der Waals surface area contributed by atoms with Crippen molar-refractivity contribution in [2.24, 2.45) is 0 Å². The molecule has 0 radical (unpaired) electrons. The maximum absolute atomic E-state index is 5.76. The summed E-state index contributed by atoms with van der Waals surface area (Å²) in [4.78, 5) is 0. The zero-order chi connectivity index (χ0) is 10.5. The van der Waals surface area contributed by atoms with Crippen molar-refractivity contribution in [1.82, 2.24) is 0 Å². The van der Waals surface area contributed by atoms with Crippen molar-refractivity contribution in [1.29, 1.82) is 0 Å². The van der Waals surface area contributed by atoms with Crippen molar-refractivity contribution in [3.63, 3.8) is 0 Å². The third-order valence-electron chi connectivity index (χ3n) is 4.19. The van der Waals surface area contributed by atoms with Crippen molar-refractivity contribution in [3.8, 4) is 0 Å². The van der Waals surface area contributed by atoms with E-state index in [2.05, 4.69) is 24.3 Å². The molecule has 0 saturated heterocycles. The van der Waals surface area contributed by atoms with Crippen LogP contribution in [0, 0.1) is 0 Å². The van der Waals surface area contributed by atoms with E-state index in [0.29, 0.717) is 0 Å². The average molecular weight is 204 g/mol. The van der Waals surface area contributed by atoms with Crippen LogP contribution in [-0.4, -0.2) is 14.2 Å². The van der Waals surface area contributed by atoms with Gasteiger partial charge in [0.05, 0.1) is 11.2 Å². The minimum Gasteiger partial charge on any atom is -0.373 e. The Hall–Kier alpha value is -0.860. The van der Waals surface area contributed by atoms with Crippen molar-refractivity contribution in [2.75, 3.05) is 14.2 Å². The smallest absolute Gasteiger partial charge is 0.0963 e. The fourth-order valence-corrected chi connectivity index (χ4v) is 3.35. The summed E-state index contributed by atoms with van der Waals surface area (Å²) >= 11 is 0. The summed E-state index contributed by atoms with van der Waals surface area (Å²) in [6.45, 7) is 0. The number of rotatable bonds is 2. The molecule has 1 aromatic rings. The molecule has 80 valence electrons. The molecule has 2 atom stereocenters. The van der Waals surface area contributed by atoms with Crippen LogP contribution in [0.5, 0.6) is 0 Å². The number of hydrogen-bond acceptors (Lipinski definition) is 2. The Bertz CT molecular complexity index is 364. The number of hydrogen-bond donors (Lipinski definition) is 0. The SMILES string of the molecule is COC12CCC(OC)(C1)c1ccccc12. The molecule has 0 aliphatic heterocycles. The largest absolute Gasteiger partial charge is 0.373 e. The van der Waals surface area contributed by atoms with Gasteiger partial charge in [-0.2, -0.15) is 0 Å². The van der Waals surface area contributed by atoms with Gasteiger partial charge in [0.25, 0.3) is 0 Å². The summed E-state index contributed by atoms with van der Waals surface area (Å²) in [5, 5.41) is 0. The third kappa shape index (κ3) is 0.963. The first kappa shape index (κ1) is 9.37. The molecule has 0 amide bonds. The zero-order valence-corrected chi connectivity index (χ0v) is 9.25. The minimum atomic E-state index is -0.0768. The van der Waals surface area contributed by atoms with E-state index in [0.717, 1.165) is 19.3 Å². The van der Waals surface area contributed by atoms with Crippen LogP contribution in [0.2, 0.25) is 0 Å². The predicted octanol–water partition coefficient (Wildman–Crippen LogP) is 2.57. The van der Waals surface area contributed by atoms with Crippen molar-refractivity contribution in [2.45, 2.75) is 30.5 Å². The van der Waals surface area contributed by atoms with Gasteiger partial charge in [0, 0.05) is 20.6 Å². The summed E-state index contributed by atoms with van der Waals surface area (Å²) < 4.78 is 11.5. The molecule has 2 nitrogen and oxygen atoms in total. The van der Waals surface area contributed by atoms with E-state index < -0.39 is 0 Å². The van der Waals surface area contributed by atoms with E-state index in [9.17, 15) is 0 Å². The molecule has 2 bridgehead atoms. The molecule has 1 saturated carbocycles. The van der Waals surface area contributed by atoms with Gasteiger partial charge in [-0.05, 0) is 24.0 Å². The van der Waals surface area contributed by atoms with Gasteiger partial charge in [-0.15, -0.1) is 0 Å². The molecule has 0 spiro atoms. The molecule has 1 fully saturated rings. The van der Waals surface area contributed by atoms with Crippen LogP contribution in [0.15, 0.2) is 24.3 Å². The number of methoxy groups -OCH3 is 2. The highest BCUT2D eigenvalue weighted by atomic mass is 16.5. The van der Waals surface area contributed by atoms with Crippen LogP contribution < -0.4 is 0 Å². The molecule has 1 aromatic carbocycles. The molecule has 2 unspecified atom stereocenters. The fraction of sp³-hybridized carbons (Fsp3) is 0.538. The van der Waals surface area contributed by atoms with Crippen LogP contribution in [0.1, 0.15) is 30.4 Å². The molecule has 0 aromatic heterocycles. The summed E-state index contributed by atoms with van der Waals surface area (Å²) in [5.41, 5.74) is 2.51. The van der Waals surface area contributed by atoms with Gasteiger partial charge in [-0.25, -0.2) is 0 Å². The molecular weight excluding hydrogens is 188 g/mol. The highest BCUT2D eigenvalue weighted by Crippen LogP contribution is 2.61. The molecule has 2 heteroatoms. The maximum Gasteiger partial charge on any atom is 0.0963 e. The maximum atomic E-state index is 5.76. The lowest BCUT2D eigenvalue weighted by Crippen LogP contribution is -2.24. The Morgan fingerprint density at radius 3 is 1.80 bits per heavy atom. The van der Waals surface area contributed by atoms with Crippen LogP contribution >= 0.6 is 0 Å². The van der Waals surface area contributed by atoms with Crippen LogP contribution in [0.4, 0.5) is 0 Å². The van der Waals surface area contributed by atoms with Crippen LogP contribution in [-0.2, 0) is 20.7 Å². The summed E-state index contributed by atoms with van der Waals surface area (Å²) in [5.74, 6) is 0. The van der Waals surface area contributed by atoms with Gasteiger partial charge in [-0.1, -0.05) is 24.3 Å². The number of benzene rings is 1. The Morgan fingerprint density at radius 2 is 1.40 bits per heavy atom. The number of fused-ring (bicyclic) bond motifs is 5. The lowest BCUT2D eigenvalue weighted by Gasteiger charge is -2.29. The lowest BCUT2D eigenvalue weighted by atomic mass is 9.87. The van der Waals surface area contributed by atoms with Gasteiger partial charge in [0.1, 0.15) is 0 Å². The molecule has 2 aliphatic carbocycles. The Kier molecular flexibility index (Phi) is 1.77. The predicted molar refractivity (Wildman–Crippen MR) is 57.7 cm³/mol. The second-order valence-electron chi connectivity index (χ2n) is 4.62. The van der Waals surface area contributed by atoms with E-state index in [1.807, 2.05) is 14.2 Å². The van der Waals surface area contributed by atoms with Gasteiger partial charge >= 0.3 is 0 Å². The van der Waals surface area contributed by atoms with Gasteiger partial charge in [-0.3, -0.25) is 0 Å². The minimum absolute atomic E-state index is 0.0768. The Morgan fingerprint density at radius 1 is 0.933 bits per heavy atom. The summed E-state index contributed by atoms with van der Waals surface area (Å²) in [6.07, 6.45) is 3.13. The molecule has 0 N–H and O–H groups in total. The molecule has 3 rings (SSSR count). The first-order chi connectivity index (χ1) is 7.26. The quantitative estimate of drug-likeness (QED) is 0.737. The van der Waals surface area contributed by atoms with E-state index in [1.165, 1.54) is 11.1 Å². The van der Waals surface area contributed by atoms with Crippen molar-refractivity contribution >= 4 is 0 Å². The Balaban J connectivity index is 2.22. The number of ether oxygens (including phenoxy) is 2. The second kappa shape index (κ2) is 2.83. The normalized spacial score (nSPS) is 36.9. The lowest BCUT2D eigenvalue weighted by molar-refractivity contribution is -0.0379. The fourth-order valence-electron chi connectivity index (χ4n) is 3.35. The summed E-state index contributed by atoms with van der Waals surface area (Å²) in [7, 11) is 3.63. The topological polar surface area (TPSA) is 18.5 Å². The van der Waals surface area contributed by atoms with Gasteiger partial charge in [0.2, 0.25) is 0 Å².